The lowest BCUT2D eigenvalue weighted by molar-refractivity contribution is -0.157. The summed E-state index contributed by atoms with van der Waals surface area (Å²) < 4.78 is 47.7. The predicted molar refractivity (Wildman–Crippen MR) is 68.7 cm³/mol. The van der Waals surface area contributed by atoms with Gasteiger partial charge in [0.15, 0.2) is 6.61 Å². The molecule has 0 atom stereocenters. The van der Waals surface area contributed by atoms with Crippen LogP contribution in [0, 0.1) is 0 Å². The Kier molecular flexibility index (Phi) is 5.22. The maximum Gasteiger partial charge on any atom is 0.416 e. The zero-order valence-corrected chi connectivity index (χ0v) is 12.0. The molecule has 1 aromatic carbocycles. The topological polar surface area (TPSA) is 55.8 Å². The second-order valence-electron chi connectivity index (χ2n) is 5.35. The monoisotopic (exact) mass is 306 g/mol. The molecule has 118 valence electrons. The first-order valence-electron chi connectivity index (χ1n) is 6.18. The molecule has 4 nitrogen and oxygen atoms in total. The van der Waals surface area contributed by atoms with Gasteiger partial charge in [0, 0.05) is 5.56 Å². The minimum atomic E-state index is -4.51. The number of carbonyl (C=O) groups is 1. The molecule has 0 aliphatic carbocycles. The molecule has 0 saturated carbocycles. The Hall–Kier alpha value is -1.76. The van der Waals surface area contributed by atoms with Gasteiger partial charge >= 0.3 is 12.1 Å². The van der Waals surface area contributed by atoms with Crippen LogP contribution in [0.2, 0.25) is 0 Å². The van der Waals surface area contributed by atoms with E-state index in [1.165, 1.54) is 0 Å². The van der Waals surface area contributed by atoms with Crippen molar-refractivity contribution in [3.8, 4) is 5.75 Å². The number of halogens is 3. The van der Waals surface area contributed by atoms with Crippen molar-refractivity contribution in [2.75, 3.05) is 6.61 Å². The lowest BCUT2D eigenvalue weighted by Crippen LogP contribution is -2.27. The van der Waals surface area contributed by atoms with Crippen molar-refractivity contribution >= 4 is 5.97 Å². The van der Waals surface area contributed by atoms with Crippen LogP contribution in [0.25, 0.3) is 0 Å². The Labute approximate surface area is 120 Å². The summed E-state index contributed by atoms with van der Waals surface area (Å²) in [6.45, 7) is 3.97. The number of hydrogen-bond donors (Lipinski definition) is 1. The highest BCUT2D eigenvalue weighted by Gasteiger charge is 2.31. The normalized spacial score (nSPS) is 12.1. The Morgan fingerprint density at radius 3 is 2.33 bits per heavy atom. The van der Waals surface area contributed by atoms with Gasteiger partial charge in [-0.25, -0.2) is 4.79 Å². The molecule has 1 rings (SSSR count). The van der Waals surface area contributed by atoms with Gasteiger partial charge in [-0.05, 0) is 39.0 Å². The first kappa shape index (κ1) is 17.3. The van der Waals surface area contributed by atoms with Crippen LogP contribution in [0.3, 0.4) is 0 Å². The smallest absolute Gasteiger partial charge is 0.416 e. The van der Waals surface area contributed by atoms with E-state index >= 15 is 0 Å². The molecule has 0 aliphatic rings. The number of aliphatic hydroxyl groups excluding tert-OH is 1. The van der Waals surface area contributed by atoms with Gasteiger partial charge in [-0.3, -0.25) is 0 Å². The van der Waals surface area contributed by atoms with Crippen LogP contribution in [0.15, 0.2) is 18.2 Å². The van der Waals surface area contributed by atoms with Gasteiger partial charge in [0.1, 0.15) is 11.4 Å². The summed E-state index contributed by atoms with van der Waals surface area (Å²) in [5.41, 5.74) is -1.62. The maximum absolute atomic E-state index is 12.5. The average molecular weight is 306 g/mol. The Balaban J connectivity index is 2.78. The van der Waals surface area contributed by atoms with Crippen LogP contribution in [0.5, 0.6) is 5.75 Å². The van der Waals surface area contributed by atoms with E-state index in [-0.39, 0.29) is 11.3 Å². The third-order valence-electron chi connectivity index (χ3n) is 2.32. The highest BCUT2D eigenvalue weighted by Crippen LogP contribution is 2.32. The highest BCUT2D eigenvalue weighted by molar-refractivity contribution is 5.71. The molecule has 7 heteroatoms. The van der Waals surface area contributed by atoms with E-state index in [1.807, 2.05) is 0 Å². The summed E-state index contributed by atoms with van der Waals surface area (Å²) in [7, 11) is 0. The van der Waals surface area contributed by atoms with E-state index in [1.54, 1.807) is 20.8 Å². The van der Waals surface area contributed by atoms with E-state index in [0.29, 0.717) is 0 Å². The number of alkyl halides is 3. The maximum atomic E-state index is 12.5. The standard InChI is InChI=1S/C14H17F3O4/c1-13(2,3)21-12(19)8-20-11-5-4-10(14(15,16)17)6-9(11)7-18/h4-6,18H,7-8H2,1-3H3. The van der Waals surface area contributed by atoms with Crippen molar-refractivity contribution in [3.05, 3.63) is 29.3 Å². The highest BCUT2D eigenvalue weighted by atomic mass is 19.4. The van der Waals surface area contributed by atoms with Gasteiger partial charge in [0.05, 0.1) is 12.2 Å². The molecular weight excluding hydrogens is 289 g/mol. The molecule has 0 heterocycles. The number of esters is 1. The van der Waals surface area contributed by atoms with E-state index < -0.39 is 36.5 Å². The molecule has 0 amide bonds. The minimum absolute atomic E-state index is 0.0105. The van der Waals surface area contributed by atoms with Gasteiger partial charge in [-0.2, -0.15) is 13.2 Å². The third kappa shape index (κ3) is 5.63. The van der Waals surface area contributed by atoms with E-state index in [2.05, 4.69) is 0 Å². The van der Waals surface area contributed by atoms with E-state index in [4.69, 9.17) is 14.6 Å². The summed E-state index contributed by atoms with van der Waals surface area (Å²) in [6, 6.07) is 2.67. The van der Waals surface area contributed by atoms with Crippen molar-refractivity contribution in [2.24, 2.45) is 0 Å². The van der Waals surface area contributed by atoms with Crippen LogP contribution < -0.4 is 4.74 Å². The molecule has 1 N–H and O–H groups in total. The zero-order chi connectivity index (χ0) is 16.3. The Morgan fingerprint density at radius 2 is 1.86 bits per heavy atom. The van der Waals surface area contributed by atoms with Crippen molar-refractivity contribution in [3.63, 3.8) is 0 Å². The zero-order valence-electron chi connectivity index (χ0n) is 12.0. The van der Waals surface area contributed by atoms with Crippen molar-refractivity contribution in [2.45, 2.75) is 39.2 Å². The fraction of sp³-hybridized carbons (Fsp3) is 0.500. The number of rotatable bonds is 4. The molecule has 0 aliphatic heterocycles. The molecule has 0 fully saturated rings. The summed E-state index contributed by atoms with van der Waals surface area (Å²) >= 11 is 0. The fourth-order valence-electron chi connectivity index (χ4n) is 1.53. The largest absolute Gasteiger partial charge is 0.482 e. The first-order valence-corrected chi connectivity index (χ1v) is 6.18. The Morgan fingerprint density at radius 1 is 1.24 bits per heavy atom. The lowest BCUT2D eigenvalue weighted by atomic mass is 10.1. The van der Waals surface area contributed by atoms with Crippen molar-refractivity contribution < 1.29 is 32.5 Å². The number of ether oxygens (including phenoxy) is 2. The number of benzene rings is 1. The second kappa shape index (κ2) is 6.34. The fourth-order valence-corrected chi connectivity index (χ4v) is 1.53. The molecule has 21 heavy (non-hydrogen) atoms. The van der Waals surface area contributed by atoms with Gasteiger partial charge in [-0.1, -0.05) is 0 Å². The molecule has 0 radical (unpaired) electrons. The SMILES string of the molecule is CC(C)(C)OC(=O)COc1ccc(C(F)(F)F)cc1CO. The van der Waals surface area contributed by atoms with Crippen LogP contribution in [-0.4, -0.2) is 23.3 Å². The molecular formula is C14H17F3O4. The van der Waals surface area contributed by atoms with Crippen LogP contribution in [0.4, 0.5) is 13.2 Å². The lowest BCUT2D eigenvalue weighted by Gasteiger charge is -2.20. The van der Waals surface area contributed by atoms with Crippen LogP contribution >= 0.6 is 0 Å². The van der Waals surface area contributed by atoms with E-state index in [9.17, 15) is 18.0 Å². The summed E-state index contributed by atoms with van der Waals surface area (Å²) in [5.74, 6) is -0.636. The molecule has 0 saturated heterocycles. The van der Waals surface area contributed by atoms with Gasteiger partial charge < -0.3 is 14.6 Å². The van der Waals surface area contributed by atoms with Crippen LogP contribution in [-0.2, 0) is 22.3 Å². The molecule has 0 unspecified atom stereocenters. The molecule has 1 aromatic rings. The minimum Gasteiger partial charge on any atom is -0.482 e. The average Bonchev–Trinajstić information content (AvgIpc) is 2.32. The van der Waals surface area contributed by atoms with E-state index in [0.717, 1.165) is 18.2 Å². The quantitative estimate of drug-likeness (QED) is 0.869. The second-order valence-corrected chi connectivity index (χ2v) is 5.35. The summed E-state index contributed by atoms with van der Waals surface area (Å²) in [4.78, 5) is 11.5. The summed E-state index contributed by atoms with van der Waals surface area (Å²) in [6.07, 6.45) is -4.51. The Bertz CT molecular complexity index is 504. The van der Waals surface area contributed by atoms with Crippen molar-refractivity contribution in [1.29, 1.82) is 0 Å². The van der Waals surface area contributed by atoms with Crippen molar-refractivity contribution in [1.82, 2.24) is 0 Å². The van der Waals surface area contributed by atoms with Gasteiger partial charge in [0.2, 0.25) is 0 Å². The number of carbonyl (C=O) groups excluding carboxylic acids is 1. The molecule has 0 aromatic heterocycles. The molecule has 0 bridgehead atoms. The first-order chi connectivity index (χ1) is 9.53. The number of aliphatic hydroxyl groups is 1. The molecule has 0 spiro atoms. The van der Waals surface area contributed by atoms with Gasteiger partial charge in [0.25, 0.3) is 0 Å². The number of hydrogen-bond acceptors (Lipinski definition) is 4. The van der Waals surface area contributed by atoms with Gasteiger partial charge in [-0.15, -0.1) is 0 Å². The van der Waals surface area contributed by atoms with Crippen LogP contribution in [0.1, 0.15) is 31.9 Å². The predicted octanol–water partition coefficient (Wildman–Crippen LogP) is 2.92. The third-order valence-corrected chi connectivity index (χ3v) is 2.32. The summed E-state index contributed by atoms with van der Waals surface area (Å²) in [5, 5.41) is 9.10.